The fourth-order valence-electron chi connectivity index (χ4n) is 3.95. The Balaban J connectivity index is 1.30. The van der Waals surface area contributed by atoms with Crippen LogP contribution >= 0.6 is 0 Å². The van der Waals surface area contributed by atoms with E-state index in [9.17, 15) is 10.2 Å². The molecule has 198 valence electrons. The van der Waals surface area contributed by atoms with Crippen molar-refractivity contribution in [2.24, 2.45) is 9.98 Å². The molecule has 0 aliphatic carbocycles. The largest absolute Gasteiger partial charge is 0.504 e. The minimum atomic E-state index is 0.0143. The van der Waals surface area contributed by atoms with Gasteiger partial charge >= 0.3 is 0 Å². The van der Waals surface area contributed by atoms with Crippen molar-refractivity contribution in [3.05, 3.63) is 144 Å². The zero-order chi connectivity index (χ0) is 27.6. The van der Waals surface area contributed by atoms with Crippen LogP contribution in [0, 0.1) is 0 Å². The highest BCUT2D eigenvalue weighted by atomic mass is 16.5. The van der Waals surface area contributed by atoms with Crippen molar-refractivity contribution in [3.8, 4) is 23.0 Å². The van der Waals surface area contributed by atoms with Gasteiger partial charge in [0.15, 0.2) is 23.0 Å². The summed E-state index contributed by atoms with van der Waals surface area (Å²) in [6, 6.07) is 37.5. The maximum absolute atomic E-state index is 10.8. The van der Waals surface area contributed by atoms with Gasteiger partial charge in [0, 0.05) is 23.6 Å². The molecule has 0 radical (unpaired) electrons. The van der Waals surface area contributed by atoms with Crippen molar-refractivity contribution in [3.63, 3.8) is 0 Å². The third-order valence-electron chi connectivity index (χ3n) is 6.10. The molecule has 0 heterocycles. The summed E-state index contributed by atoms with van der Waals surface area (Å²) in [6.45, 7) is 0.690. The number of para-hydroxylation sites is 4. The third-order valence-corrected chi connectivity index (χ3v) is 6.10. The lowest BCUT2D eigenvalue weighted by molar-refractivity contribution is 0.289. The van der Waals surface area contributed by atoms with E-state index in [4.69, 9.17) is 9.47 Å². The Hall–Kier alpha value is -5.36. The number of phenolic OH excluding ortho intramolecular Hbond substituents is 2. The van der Waals surface area contributed by atoms with Gasteiger partial charge in [-0.15, -0.1) is 0 Å². The van der Waals surface area contributed by atoms with Crippen LogP contribution in [0.15, 0.2) is 131 Å². The van der Waals surface area contributed by atoms with Crippen LogP contribution in [0.2, 0.25) is 0 Å². The van der Waals surface area contributed by atoms with E-state index in [-0.39, 0.29) is 11.5 Å². The van der Waals surface area contributed by atoms with Crippen molar-refractivity contribution in [1.82, 2.24) is 0 Å². The first-order chi connectivity index (χ1) is 19.7. The van der Waals surface area contributed by atoms with Crippen molar-refractivity contribution in [1.29, 1.82) is 0 Å². The number of aliphatic imine (C=N–C) groups is 2. The van der Waals surface area contributed by atoms with E-state index in [2.05, 4.69) is 9.98 Å². The second-order valence-corrected chi connectivity index (χ2v) is 8.94. The molecular formula is C34H28N2O4. The maximum Gasteiger partial charge on any atom is 0.166 e. The van der Waals surface area contributed by atoms with E-state index in [0.717, 1.165) is 11.1 Å². The predicted molar refractivity (Wildman–Crippen MR) is 159 cm³/mol. The number of benzene rings is 5. The van der Waals surface area contributed by atoms with Crippen molar-refractivity contribution >= 4 is 23.8 Å². The number of phenols is 2. The van der Waals surface area contributed by atoms with Gasteiger partial charge in [-0.25, -0.2) is 0 Å². The normalized spacial score (nSPS) is 11.2. The van der Waals surface area contributed by atoms with Gasteiger partial charge in [0.05, 0.1) is 11.4 Å². The Kier molecular flexibility index (Phi) is 8.49. The molecule has 0 saturated heterocycles. The van der Waals surface area contributed by atoms with Crippen LogP contribution in [-0.2, 0) is 13.2 Å². The molecule has 0 aliphatic rings. The van der Waals surface area contributed by atoms with Crippen LogP contribution < -0.4 is 9.47 Å². The van der Waals surface area contributed by atoms with Gasteiger partial charge in [-0.1, -0.05) is 84.9 Å². The van der Waals surface area contributed by atoms with Crippen LogP contribution in [0.5, 0.6) is 23.0 Å². The number of hydrogen-bond donors (Lipinski definition) is 2. The van der Waals surface area contributed by atoms with Gasteiger partial charge in [-0.3, -0.25) is 9.98 Å². The molecule has 0 saturated carbocycles. The van der Waals surface area contributed by atoms with Gasteiger partial charge in [0.25, 0.3) is 0 Å². The molecule has 0 atom stereocenters. The quantitative estimate of drug-likeness (QED) is 0.182. The Bertz CT molecular complexity index is 1490. The molecule has 0 fully saturated rings. The fourth-order valence-corrected chi connectivity index (χ4v) is 3.95. The van der Waals surface area contributed by atoms with E-state index >= 15 is 0 Å². The summed E-state index contributed by atoms with van der Waals surface area (Å²) in [5.41, 5.74) is 4.25. The molecule has 0 spiro atoms. The summed E-state index contributed by atoms with van der Waals surface area (Å²) in [4.78, 5) is 9.14. The maximum atomic E-state index is 10.8. The molecule has 0 aromatic heterocycles. The Morgan fingerprint density at radius 3 is 1.30 bits per heavy atom. The van der Waals surface area contributed by atoms with Crippen LogP contribution in [0.25, 0.3) is 0 Å². The Morgan fingerprint density at radius 2 is 0.875 bits per heavy atom. The highest BCUT2D eigenvalue weighted by molar-refractivity contribution is 5.90. The lowest BCUT2D eigenvalue weighted by Crippen LogP contribution is -1.96. The van der Waals surface area contributed by atoms with E-state index < -0.39 is 0 Å². The molecule has 0 amide bonds. The van der Waals surface area contributed by atoms with E-state index in [0.29, 0.717) is 47.2 Å². The van der Waals surface area contributed by atoms with Gasteiger partial charge in [0.2, 0.25) is 0 Å². The standard InChI is InChI=1S/C34H28N2O4/c37-33-27(15-9-19-31(33)39-23-25-11-3-1-4-12-25)21-35-29-17-7-8-18-30(29)36-22-28-16-10-20-32(34(28)38)40-24-26-13-5-2-6-14-26/h1-22,37-38H,23-24H2. The Morgan fingerprint density at radius 1 is 0.475 bits per heavy atom. The molecular weight excluding hydrogens is 500 g/mol. The lowest BCUT2D eigenvalue weighted by atomic mass is 10.2. The molecule has 5 rings (SSSR count). The number of nitrogens with zero attached hydrogens (tertiary/aromatic N) is 2. The summed E-state index contributed by atoms with van der Waals surface area (Å²) < 4.78 is 11.6. The molecule has 0 aliphatic heterocycles. The molecule has 40 heavy (non-hydrogen) atoms. The van der Waals surface area contributed by atoms with Crippen LogP contribution in [0.3, 0.4) is 0 Å². The molecule has 6 heteroatoms. The summed E-state index contributed by atoms with van der Waals surface area (Å²) in [7, 11) is 0. The average molecular weight is 529 g/mol. The molecule has 0 bridgehead atoms. The zero-order valence-electron chi connectivity index (χ0n) is 21.7. The lowest BCUT2D eigenvalue weighted by Gasteiger charge is -2.10. The van der Waals surface area contributed by atoms with Crippen LogP contribution in [-0.4, -0.2) is 22.6 Å². The summed E-state index contributed by atoms with van der Waals surface area (Å²) >= 11 is 0. The highest BCUT2D eigenvalue weighted by Crippen LogP contribution is 2.33. The highest BCUT2D eigenvalue weighted by Gasteiger charge is 2.09. The third kappa shape index (κ3) is 6.74. The molecule has 2 N–H and O–H groups in total. The number of rotatable bonds is 10. The number of ether oxygens (including phenoxy) is 2. The monoisotopic (exact) mass is 528 g/mol. The van der Waals surface area contributed by atoms with Gasteiger partial charge in [0.1, 0.15) is 13.2 Å². The number of aromatic hydroxyl groups is 2. The van der Waals surface area contributed by atoms with Crippen LogP contribution in [0.1, 0.15) is 22.3 Å². The van der Waals surface area contributed by atoms with Crippen LogP contribution in [0.4, 0.5) is 11.4 Å². The first-order valence-electron chi connectivity index (χ1n) is 12.8. The Labute approximate surface area is 233 Å². The van der Waals surface area contributed by atoms with Gasteiger partial charge in [-0.05, 0) is 47.5 Å². The fraction of sp³-hybridized carbons (Fsp3) is 0.0588. The second kappa shape index (κ2) is 12.9. The SMILES string of the molecule is Oc1c(C=Nc2ccccc2N=Cc2cccc(OCc3ccccc3)c2O)cccc1OCc1ccccc1. The zero-order valence-corrected chi connectivity index (χ0v) is 21.7. The molecule has 6 nitrogen and oxygen atoms in total. The topological polar surface area (TPSA) is 83.6 Å². The second-order valence-electron chi connectivity index (χ2n) is 8.94. The first-order valence-corrected chi connectivity index (χ1v) is 12.8. The summed E-state index contributed by atoms with van der Waals surface area (Å²) in [6.07, 6.45) is 3.16. The molecule has 5 aromatic carbocycles. The average Bonchev–Trinajstić information content (AvgIpc) is 3.00. The minimum absolute atomic E-state index is 0.0143. The predicted octanol–water partition coefficient (Wildman–Crippen LogP) is 7.76. The van der Waals surface area contributed by atoms with Gasteiger partial charge < -0.3 is 19.7 Å². The first kappa shape index (κ1) is 26.3. The summed E-state index contributed by atoms with van der Waals surface area (Å²) in [5, 5.41) is 21.5. The number of hydrogen-bond acceptors (Lipinski definition) is 6. The van der Waals surface area contributed by atoms with E-state index in [1.807, 2.05) is 84.9 Å². The van der Waals surface area contributed by atoms with E-state index in [1.54, 1.807) is 48.8 Å². The van der Waals surface area contributed by atoms with Crippen molar-refractivity contribution < 1.29 is 19.7 Å². The minimum Gasteiger partial charge on any atom is -0.504 e. The van der Waals surface area contributed by atoms with E-state index in [1.165, 1.54) is 0 Å². The van der Waals surface area contributed by atoms with Crippen molar-refractivity contribution in [2.75, 3.05) is 0 Å². The van der Waals surface area contributed by atoms with Crippen molar-refractivity contribution in [2.45, 2.75) is 13.2 Å². The van der Waals surface area contributed by atoms with Gasteiger partial charge in [-0.2, -0.15) is 0 Å². The smallest absolute Gasteiger partial charge is 0.166 e. The molecule has 5 aromatic rings. The molecule has 0 unspecified atom stereocenters. The summed E-state index contributed by atoms with van der Waals surface area (Å²) in [5.74, 6) is 0.786.